The molecule has 1 amide bonds. The first-order chi connectivity index (χ1) is 16.6. The number of halogens is 6. The Balaban J connectivity index is 2.25. The maximum absolute atomic E-state index is 13.7. The first kappa shape index (κ1) is 29.1. The zero-order chi connectivity index (χ0) is 27.4. The second-order valence-electron chi connectivity index (χ2n) is 7.39. The minimum Gasteiger partial charge on any atom is -0.467 e. The summed E-state index contributed by atoms with van der Waals surface area (Å²) in [6.45, 7) is -0.146. The van der Waals surface area contributed by atoms with Gasteiger partial charge in [0.2, 0.25) is 5.91 Å². The standard InChI is InChI=1S/C22H21F6NO6S/c1-3-36(32,33)17-10-4-14(5-11-17)12-18(30)29-16-8-6-15(7-9-16)20(21(23,24)25,22(26,27)28)35-13-19(31)34-2/h4-11H,3,12-13H2,1-2H3,(H,29,30). The number of anilines is 1. The normalized spacial score (nSPS) is 12.8. The Morgan fingerprint density at radius 1 is 0.889 bits per heavy atom. The van der Waals surface area contributed by atoms with Gasteiger partial charge in [-0.2, -0.15) is 26.3 Å². The fraction of sp³-hybridized carbons (Fsp3) is 0.364. The fourth-order valence-electron chi connectivity index (χ4n) is 3.12. The van der Waals surface area contributed by atoms with E-state index in [-0.39, 0.29) is 22.8 Å². The Morgan fingerprint density at radius 3 is 1.86 bits per heavy atom. The van der Waals surface area contributed by atoms with Crippen LogP contribution in [0.4, 0.5) is 32.0 Å². The number of nitrogens with one attached hydrogen (secondary N) is 1. The van der Waals surface area contributed by atoms with Crippen molar-refractivity contribution in [2.75, 3.05) is 24.8 Å². The molecule has 0 spiro atoms. The van der Waals surface area contributed by atoms with Crippen LogP contribution in [-0.4, -0.2) is 52.1 Å². The van der Waals surface area contributed by atoms with Gasteiger partial charge in [-0.1, -0.05) is 31.2 Å². The SMILES string of the molecule is CCS(=O)(=O)c1ccc(CC(=O)Nc2ccc(C(OCC(=O)OC)(C(F)(F)F)C(F)(F)F)cc2)cc1. The Hall–Kier alpha value is -3.13. The number of carbonyl (C=O) groups excluding carboxylic acids is 2. The molecule has 0 aliphatic heterocycles. The molecule has 1 N–H and O–H groups in total. The highest BCUT2D eigenvalue weighted by atomic mass is 32.2. The molecule has 0 aromatic heterocycles. The smallest absolute Gasteiger partial charge is 0.430 e. The maximum atomic E-state index is 13.7. The van der Waals surface area contributed by atoms with Crippen molar-refractivity contribution in [3.8, 4) is 0 Å². The highest BCUT2D eigenvalue weighted by Gasteiger charge is 2.73. The summed E-state index contributed by atoms with van der Waals surface area (Å²) in [4.78, 5) is 23.5. The number of benzene rings is 2. The van der Waals surface area contributed by atoms with Crippen molar-refractivity contribution in [1.29, 1.82) is 0 Å². The van der Waals surface area contributed by atoms with Crippen LogP contribution in [0.3, 0.4) is 0 Å². The van der Waals surface area contributed by atoms with E-state index in [0.29, 0.717) is 17.7 Å². The summed E-state index contributed by atoms with van der Waals surface area (Å²) >= 11 is 0. The fourth-order valence-corrected chi connectivity index (χ4v) is 4.01. The summed E-state index contributed by atoms with van der Waals surface area (Å²) in [6, 6.07) is 8.03. The summed E-state index contributed by atoms with van der Waals surface area (Å²) in [5.41, 5.74) is -5.88. The number of hydrogen-bond donors (Lipinski definition) is 1. The second-order valence-corrected chi connectivity index (χ2v) is 9.67. The van der Waals surface area contributed by atoms with Crippen molar-refractivity contribution >= 4 is 27.4 Å². The van der Waals surface area contributed by atoms with Gasteiger partial charge in [0, 0.05) is 11.3 Å². The zero-order valence-electron chi connectivity index (χ0n) is 18.9. The van der Waals surface area contributed by atoms with Crippen molar-refractivity contribution in [2.24, 2.45) is 0 Å². The highest BCUT2D eigenvalue weighted by Crippen LogP contribution is 2.53. The van der Waals surface area contributed by atoms with Crippen LogP contribution >= 0.6 is 0 Å². The second kappa shape index (κ2) is 10.9. The van der Waals surface area contributed by atoms with Crippen molar-refractivity contribution in [1.82, 2.24) is 0 Å². The molecule has 2 aromatic rings. The van der Waals surface area contributed by atoms with E-state index in [4.69, 9.17) is 0 Å². The number of hydrogen-bond acceptors (Lipinski definition) is 6. The molecule has 0 aliphatic rings. The third kappa shape index (κ3) is 6.35. The minimum absolute atomic E-state index is 0.0666. The molecule has 0 atom stereocenters. The zero-order valence-corrected chi connectivity index (χ0v) is 19.7. The summed E-state index contributed by atoms with van der Waals surface area (Å²) in [5, 5.41) is 2.33. The van der Waals surface area contributed by atoms with Crippen molar-refractivity contribution in [3.63, 3.8) is 0 Å². The van der Waals surface area contributed by atoms with Crippen LogP contribution in [0, 0.1) is 0 Å². The number of esters is 1. The lowest BCUT2D eigenvalue weighted by atomic mass is 9.91. The van der Waals surface area contributed by atoms with Crippen molar-refractivity contribution < 1.29 is 53.8 Å². The molecule has 14 heteroatoms. The average molecular weight is 541 g/mol. The quantitative estimate of drug-likeness (QED) is 0.378. The van der Waals surface area contributed by atoms with Gasteiger partial charge in [-0.15, -0.1) is 0 Å². The van der Waals surface area contributed by atoms with E-state index in [1.54, 1.807) is 0 Å². The molecule has 198 valence electrons. The molecule has 0 saturated heterocycles. The van der Waals surface area contributed by atoms with E-state index in [0.717, 1.165) is 19.2 Å². The van der Waals surface area contributed by atoms with E-state index < -0.39 is 51.8 Å². The van der Waals surface area contributed by atoms with Gasteiger partial charge in [0.25, 0.3) is 5.60 Å². The van der Waals surface area contributed by atoms with E-state index in [9.17, 15) is 44.3 Å². The molecule has 0 fully saturated rings. The molecule has 2 aromatic carbocycles. The van der Waals surface area contributed by atoms with E-state index in [1.165, 1.54) is 31.2 Å². The van der Waals surface area contributed by atoms with E-state index in [2.05, 4.69) is 14.8 Å². The van der Waals surface area contributed by atoms with Crippen molar-refractivity contribution in [3.05, 3.63) is 59.7 Å². The largest absolute Gasteiger partial charge is 0.467 e. The van der Waals surface area contributed by atoms with Crippen LogP contribution in [0.1, 0.15) is 18.1 Å². The third-order valence-electron chi connectivity index (χ3n) is 5.03. The lowest BCUT2D eigenvalue weighted by Crippen LogP contribution is -2.56. The van der Waals surface area contributed by atoms with Gasteiger partial charge in [0.05, 0.1) is 24.2 Å². The first-order valence-corrected chi connectivity index (χ1v) is 11.8. The van der Waals surface area contributed by atoms with Gasteiger partial charge in [0.15, 0.2) is 9.84 Å². The molecule has 0 aliphatic carbocycles. The Bertz CT molecular complexity index is 1160. The summed E-state index contributed by atoms with van der Waals surface area (Å²) < 4.78 is 114. The van der Waals surface area contributed by atoms with Gasteiger partial charge in [-0.25, -0.2) is 13.2 Å². The Kier molecular flexibility index (Phi) is 8.78. The lowest BCUT2D eigenvalue weighted by Gasteiger charge is -2.37. The minimum atomic E-state index is -6.00. The summed E-state index contributed by atoms with van der Waals surface area (Å²) in [7, 11) is -2.67. The molecule has 0 unspecified atom stereocenters. The molecular weight excluding hydrogens is 520 g/mol. The van der Waals surface area contributed by atoms with E-state index in [1.807, 2.05) is 0 Å². The Labute approximate surface area is 202 Å². The molecule has 0 radical (unpaired) electrons. The Morgan fingerprint density at radius 2 is 1.42 bits per heavy atom. The van der Waals surface area contributed by atoms with Gasteiger partial charge in [-0.3, -0.25) is 4.79 Å². The van der Waals surface area contributed by atoms with Crippen LogP contribution in [-0.2, 0) is 40.9 Å². The molecule has 0 bridgehead atoms. The number of amides is 1. The molecule has 36 heavy (non-hydrogen) atoms. The number of methoxy groups -OCH3 is 1. The number of rotatable bonds is 9. The lowest BCUT2D eigenvalue weighted by molar-refractivity contribution is -0.387. The highest BCUT2D eigenvalue weighted by molar-refractivity contribution is 7.91. The van der Waals surface area contributed by atoms with Crippen LogP contribution in [0.2, 0.25) is 0 Å². The predicted octanol–water partition coefficient (Wildman–Crippen LogP) is 4.17. The number of sulfone groups is 1. The van der Waals surface area contributed by atoms with Gasteiger partial charge < -0.3 is 14.8 Å². The summed E-state index contributed by atoms with van der Waals surface area (Å²) in [5.74, 6) is -2.22. The van der Waals surface area contributed by atoms with Gasteiger partial charge in [-0.05, 0) is 29.8 Å². The van der Waals surface area contributed by atoms with Crippen molar-refractivity contribution in [2.45, 2.75) is 36.2 Å². The van der Waals surface area contributed by atoms with Crippen LogP contribution in [0.5, 0.6) is 0 Å². The van der Waals surface area contributed by atoms with Crippen LogP contribution < -0.4 is 5.32 Å². The average Bonchev–Trinajstić information content (AvgIpc) is 2.78. The van der Waals surface area contributed by atoms with E-state index >= 15 is 0 Å². The molecule has 0 heterocycles. The maximum Gasteiger partial charge on any atom is 0.430 e. The molecule has 0 saturated carbocycles. The number of carbonyl (C=O) groups is 2. The van der Waals surface area contributed by atoms with Crippen LogP contribution in [0.15, 0.2) is 53.4 Å². The first-order valence-electron chi connectivity index (χ1n) is 10.1. The number of alkyl halides is 6. The summed E-state index contributed by atoms with van der Waals surface area (Å²) in [6.07, 6.45) is -12.2. The van der Waals surface area contributed by atoms with Gasteiger partial charge in [0.1, 0.15) is 6.61 Å². The third-order valence-corrected chi connectivity index (χ3v) is 6.79. The number of ether oxygens (including phenoxy) is 2. The monoisotopic (exact) mass is 541 g/mol. The predicted molar refractivity (Wildman–Crippen MR) is 115 cm³/mol. The molecule has 7 nitrogen and oxygen atoms in total. The molecular formula is C22H21F6NO6S. The molecule has 2 rings (SSSR count). The van der Waals surface area contributed by atoms with Gasteiger partial charge >= 0.3 is 18.3 Å². The van der Waals surface area contributed by atoms with Crippen LogP contribution in [0.25, 0.3) is 0 Å². The topological polar surface area (TPSA) is 98.8 Å².